The van der Waals surface area contributed by atoms with Crippen LogP contribution in [0.5, 0.6) is 0 Å². The summed E-state index contributed by atoms with van der Waals surface area (Å²) in [5.74, 6) is 0.426. The molecule has 1 saturated carbocycles. The highest BCUT2D eigenvalue weighted by Crippen LogP contribution is 2.49. The van der Waals surface area contributed by atoms with Gasteiger partial charge in [0.1, 0.15) is 12.6 Å². The van der Waals surface area contributed by atoms with Gasteiger partial charge in [0.25, 0.3) is 5.56 Å². The molecule has 1 fully saturated rings. The molecule has 0 N–H and O–H groups in total. The molecule has 0 saturated heterocycles. The van der Waals surface area contributed by atoms with Gasteiger partial charge in [0.05, 0.1) is 24.2 Å². The van der Waals surface area contributed by atoms with Crippen LogP contribution in [0.25, 0.3) is 0 Å². The molecule has 2 aromatic rings. The van der Waals surface area contributed by atoms with Gasteiger partial charge in [-0.05, 0) is 35.4 Å². The van der Waals surface area contributed by atoms with Crippen molar-refractivity contribution >= 4 is 23.8 Å². The first-order chi connectivity index (χ1) is 14.6. The van der Waals surface area contributed by atoms with Crippen molar-refractivity contribution in [2.75, 3.05) is 12.9 Å². The van der Waals surface area contributed by atoms with E-state index in [0.717, 1.165) is 34.6 Å². The Bertz CT molecular complexity index is 1080. The number of amides is 1. The molecule has 3 heterocycles. The lowest BCUT2D eigenvalue weighted by atomic mass is 9.99. The van der Waals surface area contributed by atoms with Crippen LogP contribution in [0.15, 0.2) is 40.2 Å². The molecule has 30 heavy (non-hydrogen) atoms. The number of pyridine rings is 1. The van der Waals surface area contributed by atoms with Gasteiger partial charge in [0.15, 0.2) is 0 Å². The molecule has 156 valence electrons. The standard InChI is InChI=1S/C22H22N2O5S/c1-28-21(26)17-12-30-20-18(14-7-8-14)15-10-23(9-13-5-3-2-4-6-13)22(27)29-11-16(15)19(25)24(17)20/h2-6,14,17H,7-12H2,1H3/t17-/m0/s1. The minimum atomic E-state index is -0.635. The number of ether oxygens (including phenoxy) is 2. The first kappa shape index (κ1) is 19.2. The van der Waals surface area contributed by atoms with E-state index in [4.69, 9.17) is 9.47 Å². The highest BCUT2D eigenvalue weighted by atomic mass is 32.2. The fourth-order valence-corrected chi connectivity index (χ4v) is 5.68. The van der Waals surface area contributed by atoms with Crippen molar-refractivity contribution in [3.63, 3.8) is 0 Å². The number of carbonyl (C=O) groups is 2. The molecule has 0 radical (unpaired) electrons. The van der Waals surface area contributed by atoms with Crippen molar-refractivity contribution < 1.29 is 19.1 Å². The maximum Gasteiger partial charge on any atom is 0.410 e. The molecule has 2 aliphatic heterocycles. The van der Waals surface area contributed by atoms with Crippen molar-refractivity contribution in [1.82, 2.24) is 9.47 Å². The van der Waals surface area contributed by atoms with Gasteiger partial charge in [-0.1, -0.05) is 30.3 Å². The normalized spacial score (nSPS) is 20.2. The van der Waals surface area contributed by atoms with Crippen LogP contribution in [-0.4, -0.2) is 34.4 Å². The Balaban J connectivity index is 1.61. The zero-order chi connectivity index (χ0) is 20.8. The highest BCUT2D eigenvalue weighted by molar-refractivity contribution is 7.99. The summed E-state index contributed by atoms with van der Waals surface area (Å²) in [5.41, 5.74) is 3.25. The van der Waals surface area contributed by atoms with Crippen LogP contribution in [0.2, 0.25) is 0 Å². The van der Waals surface area contributed by atoms with Crippen molar-refractivity contribution in [3.05, 3.63) is 62.9 Å². The molecule has 3 aliphatic rings. The van der Waals surface area contributed by atoms with Crippen LogP contribution in [-0.2, 0) is 34.0 Å². The van der Waals surface area contributed by atoms with Crippen LogP contribution in [0, 0.1) is 0 Å². The Kier molecular flexibility index (Phi) is 4.81. The minimum Gasteiger partial charge on any atom is -0.467 e. The molecule has 7 nitrogen and oxygen atoms in total. The molecule has 0 unspecified atom stereocenters. The molecule has 0 spiro atoms. The van der Waals surface area contributed by atoms with E-state index in [1.807, 2.05) is 30.3 Å². The summed E-state index contributed by atoms with van der Waals surface area (Å²) in [6.07, 6.45) is 1.67. The Labute approximate surface area is 178 Å². The Morgan fingerprint density at radius 2 is 1.97 bits per heavy atom. The Morgan fingerprint density at radius 1 is 1.20 bits per heavy atom. The molecule has 1 atom stereocenters. The average molecular weight is 426 g/mol. The van der Waals surface area contributed by atoms with Gasteiger partial charge in [-0.3, -0.25) is 14.3 Å². The number of rotatable bonds is 4. The number of thioether (sulfide) groups is 1. The van der Waals surface area contributed by atoms with Gasteiger partial charge < -0.3 is 9.47 Å². The van der Waals surface area contributed by atoms with Crippen LogP contribution >= 0.6 is 11.8 Å². The topological polar surface area (TPSA) is 77.8 Å². The van der Waals surface area contributed by atoms with E-state index in [0.29, 0.717) is 30.3 Å². The SMILES string of the molecule is COC(=O)[C@@H]1CSc2c(C3CC3)c3c(c(=O)n21)COC(=O)N(Cc1ccccc1)C3. The number of aromatic nitrogens is 1. The summed E-state index contributed by atoms with van der Waals surface area (Å²) in [7, 11) is 1.34. The number of fused-ring (bicyclic) bond motifs is 2. The molecule has 0 bridgehead atoms. The smallest absolute Gasteiger partial charge is 0.410 e. The van der Waals surface area contributed by atoms with Gasteiger partial charge in [-0.2, -0.15) is 0 Å². The van der Waals surface area contributed by atoms with Crippen LogP contribution in [0.3, 0.4) is 0 Å². The van der Waals surface area contributed by atoms with Crippen molar-refractivity contribution in [3.8, 4) is 0 Å². The number of cyclic esters (lactones) is 1. The van der Waals surface area contributed by atoms with E-state index in [-0.39, 0.29) is 12.2 Å². The van der Waals surface area contributed by atoms with Crippen LogP contribution in [0.4, 0.5) is 4.79 Å². The number of esters is 1. The monoisotopic (exact) mass is 426 g/mol. The van der Waals surface area contributed by atoms with Crippen molar-refractivity contribution in [2.24, 2.45) is 0 Å². The first-order valence-corrected chi connectivity index (χ1v) is 11.0. The van der Waals surface area contributed by atoms with Crippen molar-refractivity contribution in [1.29, 1.82) is 0 Å². The Morgan fingerprint density at radius 3 is 2.67 bits per heavy atom. The lowest BCUT2D eigenvalue weighted by Crippen LogP contribution is -2.33. The average Bonchev–Trinajstić information content (AvgIpc) is 3.52. The second-order valence-corrected chi connectivity index (χ2v) is 8.88. The largest absolute Gasteiger partial charge is 0.467 e. The van der Waals surface area contributed by atoms with E-state index in [9.17, 15) is 14.4 Å². The van der Waals surface area contributed by atoms with E-state index in [1.165, 1.54) is 18.9 Å². The zero-order valence-electron chi connectivity index (χ0n) is 16.6. The molecular weight excluding hydrogens is 404 g/mol. The summed E-state index contributed by atoms with van der Waals surface area (Å²) in [4.78, 5) is 40.0. The minimum absolute atomic E-state index is 0.0726. The number of nitrogens with zero attached hydrogens (tertiary/aromatic N) is 2. The van der Waals surface area contributed by atoms with Gasteiger partial charge in [0, 0.05) is 12.3 Å². The summed E-state index contributed by atoms with van der Waals surface area (Å²) in [5, 5.41) is 0.852. The van der Waals surface area contributed by atoms with E-state index in [2.05, 4.69) is 0 Å². The number of hydrogen-bond acceptors (Lipinski definition) is 6. The van der Waals surface area contributed by atoms with E-state index in [1.54, 1.807) is 9.47 Å². The Hall–Kier alpha value is -2.74. The number of hydrogen-bond donors (Lipinski definition) is 0. The molecule has 1 amide bonds. The van der Waals surface area contributed by atoms with E-state index >= 15 is 0 Å². The number of carbonyl (C=O) groups excluding carboxylic acids is 2. The third-order valence-electron chi connectivity index (χ3n) is 5.93. The lowest BCUT2D eigenvalue weighted by Gasteiger charge is -2.22. The van der Waals surface area contributed by atoms with Gasteiger partial charge in [0.2, 0.25) is 0 Å². The predicted octanol–water partition coefficient (Wildman–Crippen LogP) is 3.20. The number of benzene rings is 1. The van der Waals surface area contributed by atoms with Gasteiger partial charge in [-0.15, -0.1) is 11.8 Å². The van der Waals surface area contributed by atoms with Crippen molar-refractivity contribution in [2.45, 2.75) is 49.5 Å². The summed E-state index contributed by atoms with van der Waals surface area (Å²) in [6.45, 7) is 0.678. The molecule has 5 rings (SSSR count). The molecule has 1 aromatic heterocycles. The highest BCUT2D eigenvalue weighted by Gasteiger charge is 2.41. The first-order valence-electron chi connectivity index (χ1n) is 10.0. The fourth-order valence-electron chi connectivity index (χ4n) is 4.29. The zero-order valence-corrected chi connectivity index (χ0v) is 17.4. The third-order valence-corrected chi connectivity index (χ3v) is 7.10. The maximum absolute atomic E-state index is 13.4. The van der Waals surface area contributed by atoms with E-state index < -0.39 is 18.1 Å². The molecule has 1 aromatic carbocycles. The predicted molar refractivity (Wildman–Crippen MR) is 110 cm³/mol. The summed E-state index contributed by atoms with van der Waals surface area (Å²) >= 11 is 1.53. The van der Waals surface area contributed by atoms with Crippen LogP contribution in [0.1, 0.15) is 47.1 Å². The number of methoxy groups -OCH3 is 1. The summed E-state index contributed by atoms with van der Waals surface area (Å²) in [6, 6.07) is 9.11. The lowest BCUT2D eigenvalue weighted by molar-refractivity contribution is -0.143. The maximum atomic E-state index is 13.4. The third kappa shape index (κ3) is 3.19. The quantitative estimate of drug-likeness (QED) is 0.699. The fraction of sp³-hybridized carbons (Fsp3) is 0.409. The second kappa shape index (κ2) is 7.50. The van der Waals surface area contributed by atoms with Gasteiger partial charge >= 0.3 is 12.1 Å². The molecule has 1 aliphatic carbocycles. The summed E-state index contributed by atoms with van der Waals surface area (Å²) < 4.78 is 12.0. The molecule has 8 heteroatoms. The van der Waals surface area contributed by atoms with Gasteiger partial charge in [-0.25, -0.2) is 9.59 Å². The second-order valence-electron chi connectivity index (χ2n) is 7.87. The molecular formula is C22H22N2O5S. The van der Waals surface area contributed by atoms with Crippen LogP contribution < -0.4 is 5.56 Å².